The van der Waals surface area contributed by atoms with Crippen LogP contribution in [0.2, 0.25) is 0 Å². The van der Waals surface area contributed by atoms with Gasteiger partial charge in [0.1, 0.15) is 0 Å². The van der Waals surface area contributed by atoms with E-state index in [0.29, 0.717) is 12.2 Å². The Labute approximate surface area is 130 Å². The third kappa shape index (κ3) is 2.84. The van der Waals surface area contributed by atoms with Crippen LogP contribution < -0.4 is 5.73 Å². The summed E-state index contributed by atoms with van der Waals surface area (Å²) in [7, 11) is -3.56. The molecule has 0 bridgehead atoms. The molecule has 1 aliphatic rings. The highest BCUT2D eigenvalue weighted by molar-refractivity contribution is 7.89. The molecule has 1 aromatic carbocycles. The summed E-state index contributed by atoms with van der Waals surface area (Å²) in [6, 6.07) is 10.1. The normalized spacial score (nSPS) is 19.9. The van der Waals surface area contributed by atoms with E-state index in [1.807, 2.05) is 12.1 Å². The highest BCUT2D eigenvalue weighted by atomic mass is 32.2. The van der Waals surface area contributed by atoms with Gasteiger partial charge in [-0.15, -0.1) is 0 Å². The molecule has 1 unspecified atom stereocenters. The smallest absolute Gasteiger partial charge is 0.243 e. The summed E-state index contributed by atoms with van der Waals surface area (Å²) in [5.41, 5.74) is 7.13. The molecular formula is C16H19N3O2S. The number of nitrogens with zero attached hydrogens (tertiary/aromatic N) is 2. The molecule has 6 heteroatoms. The zero-order valence-corrected chi connectivity index (χ0v) is 13.0. The van der Waals surface area contributed by atoms with Gasteiger partial charge < -0.3 is 5.73 Å². The van der Waals surface area contributed by atoms with Gasteiger partial charge in [0.15, 0.2) is 0 Å². The maximum Gasteiger partial charge on any atom is 0.243 e. The van der Waals surface area contributed by atoms with E-state index in [-0.39, 0.29) is 10.9 Å². The number of benzene rings is 1. The lowest BCUT2D eigenvalue weighted by Gasteiger charge is -2.34. The Bertz CT molecular complexity index is 747. The second-order valence-electron chi connectivity index (χ2n) is 5.49. The fraction of sp³-hybridized carbons (Fsp3) is 0.312. The maximum atomic E-state index is 13.0. The van der Waals surface area contributed by atoms with Crippen LogP contribution in [-0.2, 0) is 10.0 Å². The Hall–Kier alpha value is -1.92. The monoisotopic (exact) mass is 317 g/mol. The number of nitrogens with two attached hydrogens (primary N) is 1. The van der Waals surface area contributed by atoms with Gasteiger partial charge >= 0.3 is 0 Å². The van der Waals surface area contributed by atoms with Gasteiger partial charge in [-0.25, -0.2) is 8.42 Å². The summed E-state index contributed by atoms with van der Waals surface area (Å²) in [6.07, 6.45) is 6.15. The van der Waals surface area contributed by atoms with Gasteiger partial charge in [-0.2, -0.15) is 4.31 Å². The molecule has 1 fully saturated rings. The van der Waals surface area contributed by atoms with E-state index >= 15 is 0 Å². The Kier molecular flexibility index (Phi) is 4.13. The van der Waals surface area contributed by atoms with Crippen LogP contribution in [0.15, 0.2) is 53.7 Å². The number of pyridine rings is 1. The molecule has 0 amide bonds. The third-order valence-electron chi connectivity index (χ3n) is 3.99. The molecule has 1 atom stereocenters. The van der Waals surface area contributed by atoms with E-state index in [2.05, 4.69) is 4.98 Å². The third-order valence-corrected chi connectivity index (χ3v) is 5.89. The van der Waals surface area contributed by atoms with E-state index in [4.69, 9.17) is 5.73 Å². The van der Waals surface area contributed by atoms with Crippen LogP contribution in [0.25, 0.3) is 0 Å². The highest BCUT2D eigenvalue weighted by Gasteiger charge is 2.34. The van der Waals surface area contributed by atoms with Gasteiger partial charge in [-0.1, -0.05) is 18.6 Å². The highest BCUT2D eigenvalue weighted by Crippen LogP contribution is 2.35. The first kappa shape index (κ1) is 15.0. The quantitative estimate of drug-likeness (QED) is 0.883. The zero-order valence-electron chi connectivity index (χ0n) is 12.2. The van der Waals surface area contributed by atoms with Crippen LogP contribution >= 0.6 is 0 Å². The van der Waals surface area contributed by atoms with E-state index in [1.165, 1.54) is 6.07 Å². The Morgan fingerprint density at radius 1 is 1.18 bits per heavy atom. The van der Waals surface area contributed by atoms with Gasteiger partial charge in [0, 0.05) is 24.6 Å². The Morgan fingerprint density at radius 2 is 2.05 bits per heavy atom. The predicted molar refractivity (Wildman–Crippen MR) is 85.6 cm³/mol. The van der Waals surface area contributed by atoms with Crippen LogP contribution in [0.1, 0.15) is 30.9 Å². The fourth-order valence-electron chi connectivity index (χ4n) is 2.91. The predicted octanol–water partition coefficient (Wildman–Crippen LogP) is 2.58. The molecule has 5 nitrogen and oxygen atoms in total. The van der Waals surface area contributed by atoms with Gasteiger partial charge in [0.2, 0.25) is 10.0 Å². The molecular weight excluding hydrogens is 298 g/mol. The number of nitrogen functional groups attached to an aromatic ring is 1. The molecule has 1 aromatic heterocycles. The standard InChI is InChI=1S/C16H19N3O2S/c17-14-6-3-7-15(11-14)22(20,21)19-10-2-1-8-16(19)13-5-4-9-18-12-13/h3-7,9,11-12,16H,1-2,8,10,17H2. The molecule has 116 valence electrons. The lowest BCUT2D eigenvalue weighted by atomic mass is 9.99. The molecule has 0 radical (unpaired) electrons. The van der Waals surface area contributed by atoms with Crippen molar-refractivity contribution in [3.05, 3.63) is 54.4 Å². The van der Waals surface area contributed by atoms with E-state index in [1.54, 1.807) is 34.9 Å². The molecule has 1 aliphatic heterocycles. The van der Waals surface area contributed by atoms with Crippen LogP contribution in [0, 0.1) is 0 Å². The first-order valence-corrected chi connectivity index (χ1v) is 8.80. The first-order chi connectivity index (χ1) is 10.6. The molecule has 0 saturated carbocycles. The molecule has 22 heavy (non-hydrogen) atoms. The Balaban J connectivity index is 2.00. The van der Waals surface area contributed by atoms with E-state index in [0.717, 1.165) is 24.8 Å². The van der Waals surface area contributed by atoms with Gasteiger partial charge in [-0.3, -0.25) is 4.98 Å². The summed E-state index contributed by atoms with van der Waals surface area (Å²) in [4.78, 5) is 4.37. The molecule has 2 aromatic rings. The number of sulfonamides is 1. The average molecular weight is 317 g/mol. The van der Waals surface area contributed by atoms with Crippen molar-refractivity contribution in [3.8, 4) is 0 Å². The first-order valence-electron chi connectivity index (χ1n) is 7.36. The second kappa shape index (κ2) is 6.06. The summed E-state index contributed by atoms with van der Waals surface area (Å²) in [5, 5.41) is 0. The summed E-state index contributed by atoms with van der Waals surface area (Å²) in [6.45, 7) is 0.524. The molecule has 1 saturated heterocycles. The second-order valence-corrected chi connectivity index (χ2v) is 7.38. The van der Waals surface area contributed by atoms with Crippen LogP contribution in [0.5, 0.6) is 0 Å². The van der Waals surface area contributed by atoms with Gasteiger partial charge in [-0.05, 0) is 42.7 Å². The lowest BCUT2D eigenvalue weighted by Crippen LogP contribution is -2.38. The van der Waals surface area contributed by atoms with Crippen molar-refractivity contribution in [2.75, 3.05) is 12.3 Å². The summed E-state index contributed by atoms with van der Waals surface area (Å²) in [5.74, 6) is 0. The van der Waals surface area contributed by atoms with Gasteiger partial charge in [0.05, 0.1) is 10.9 Å². The SMILES string of the molecule is Nc1cccc(S(=O)(=O)N2CCCCC2c2cccnc2)c1. The molecule has 0 spiro atoms. The lowest BCUT2D eigenvalue weighted by molar-refractivity contribution is 0.255. The molecule has 2 N–H and O–H groups in total. The van der Waals surface area contributed by atoms with Crippen molar-refractivity contribution in [1.29, 1.82) is 0 Å². The fourth-order valence-corrected chi connectivity index (χ4v) is 4.65. The number of rotatable bonds is 3. The number of hydrogen-bond acceptors (Lipinski definition) is 4. The maximum absolute atomic E-state index is 13.0. The number of hydrogen-bond donors (Lipinski definition) is 1. The minimum Gasteiger partial charge on any atom is -0.399 e. The van der Waals surface area contributed by atoms with Crippen LogP contribution in [0.3, 0.4) is 0 Å². The minimum atomic E-state index is -3.56. The minimum absolute atomic E-state index is 0.158. The number of piperidine rings is 1. The van der Waals surface area contributed by atoms with Gasteiger partial charge in [0.25, 0.3) is 0 Å². The van der Waals surface area contributed by atoms with E-state index in [9.17, 15) is 8.42 Å². The summed E-state index contributed by atoms with van der Waals surface area (Å²) >= 11 is 0. The van der Waals surface area contributed by atoms with Crippen LogP contribution in [0.4, 0.5) is 5.69 Å². The van der Waals surface area contributed by atoms with Crippen molar-refractivity contribution in [3.63, 3.8) is 0 Å². The summed E-state index contributed by atoms with van der Waals surface area (Å²) < 4.78 is 27.5. The van der Waals surface area contributed by atoms with Crippen LogP contribution in [-0.4, -0.2) is 24.3 Å². The number of anilines is 1. The molecule has 0 aliphatic carbocycles. The van der Waals surface area contributed by atoms with Crippen molar-refractivity contribution in [2.24, 2.45) is 0 Å². The number of aromatic nitrogens is 1. The Morgan fingerprint density at radius 3 is 2.77 bits per heavy atom. The molecule has 2 heterocycles. The van der Waals surface area contributed by atoms with Crippen molar-refractivity contribution >= 4 is 15.7 Å². The van der Waals surface area contributed by atoms with E-state index < -0.39 is 10.0 Å². The molecule has 3 rings (SSSR count). The van der Waals surface area contributed by atoms with Crippen molar-refractivity contribution < 1.29 is 8.42 Å². The zero-order chi connectivity index (χ0) is 15.6. The van der Waals surface area contributed by atoms with Crippen molar-refractivity contribution in [1.82, 2.24) is 9.29 Å². The average Bonchev–Trinajstić information content (AvgIpc) is 2.56. The largest absolute Gasteiger partial charge is 0.399 e. The topological polar surface area (TPSA) is 76.3 Å². The van der Waals surface area contributed by atoms with Crippen molar-refractivity contribution in [2.45, 2.75) is 30.2 Å².